The summed E-state index contributed by atoms with van der Waals surface area (Å²) in [5.74, 6) is 2.20. The molecule has 2 aromatic carbocycles. The highest BCUT2D eigenvalue weighted by Gasteiger charge is 2.36. The highest BCUT2D eigenvalue weighted by molar-refractivity contribution is 6.04. The van der Waals surface area contributed by atoms with Gasteiger partial charge in [-0.2, -0.15) is 5.10 Å². The van der Waals surface area contributed by atoms with Crippen molar-refractivity contribution in [1.82, 2.24) is 9.91 Å². The third-order valence-corrected chi connectivity index (χ3v) is 6.90. The number of hydrogen-bond donors (Lipinski definition) is 0. The zero-order valence-electron chi connectivity index (χ0n) is 20.4. The third kappa shape index (κ3) is 5.06. The van der Waals surface area contributed by atoms with Gasteiger partial charge in [-0.25, -0.2) is 5.01 Å². The fourth-order valence-corrected chi connectivity index (χ4v) is 4.77. The van der Waals surface area contributed by atoms with E-state index < -0.39 is 0 Å². The zero-order valence-corrected chi connectivity index (χ0v) is 20.4. The number of carbonyl (C=O) groups is 1. The molecule has 1 atom stereocenters. The molecule has 1 amide bonds. The summed E-state index contributed by atoms with van der Waals surface area (Å²) >= 11 is 0. The Kier molecular flexibility index (Phi) is 7.03. The van der Waals surface area contributed by atoms with Gasteiger partial charge in [0, 0.05) is 23.6 Å². The van der Waals surface area contributed by atoms with Crippen molar-refractivity contribution < 1.29 is 14.3 Å². The van der Waals surface area contributed by atoms with Gasteiger partial charge < -0.3 is 9.47 Å². The Morgan fingerprint density at radius 1 is 1.06 bits per heavy atom. The summed E-state index contributed by atoms with van der Waals surface area (Å²) in [5, 5.41) is 6.60. The number of hydrogen-bond acceptors (Lipinski definition) is 5. The molecule has 0 N–H and O–H groups in total. The van der Waals surface area contributed by atoms with Crippen LogP contribution < -0.4 is 9.47 Å². The predicted octanol–water partition coefficient (Wildman–Crippen LogP) is 4.73. The number of likely N-dealkylation sites (tertiary alicyclic amines) is 1. The number of methoxy groups -OCH3 is 2. The van der Waals surface area contributed by atoms with Gasteiger partial charge in [0.05, 0.1) is 32.5 Å². The van der Waals surface area contributed by atoms with Crippen LogP contribution in [0.4, 0.5) is 0 Å². The zero-order chi connectivity index (χ0) is 23.5. The van der Waals surface area contributed by atoms with Crippen molar-refractivity contribution >= 4 is 11.6 Å². The molecule has 176 valence electrons. The van der Waals surface area contributed by atoms with Gasteiger partial charge in [-0.1, -0.05) is 24.6 Å². The van der Waals surface area contributed by atoms with E-state index in [0.29, 0.717) is 18.7 Å². The van der Waals surface area contributed by atoms with E-state index in [1.54, 1.807) is 19.2 Å². The molecule has 2 heterocycles. The molecule has 0 aliphatic carbocycles. The first-order chi connectivity index (χ1) is 15.9. The van der Waals surface area contributed by atoms with Crippen molar-refractivity contribution in [2.75, 3.05) is 33.9 Å². The average Bonchev–Trinajstić information content (AvgIpc) is 3.26. The molecule has 2 aliphatic rings. The van der Waals surface area contributed by atoms with Crippen LogP contribution in [0.5, 0.6) is 11.5 Å². The summed E-state index contributed by atoms with van der Waals surface area (Å²) in [6, 6.07) is 12.0. The molecule has 0 aromatic heterocycles. The van der Waals surface area contributed by atoms with Gasteiger partial charge in [0.25, 0.3) is 5.91 Å². The Bertz CT molecular complexity index is 1040. The predicted molar refractivity (Wildman–Crippen MR) is 131 cm³/mol. The molecule has 0 saturated carbocycles. The van der Waals surface area contributed by atoms with Gasteiger partial charge in [0.2, 0.25) is 0 Å². The fourth-order valence-electron chi connectivity index (χ4n) is 4.77. The largest absolute Gasteiger partial charge is 0.497 e. The maximum Gasteiger partial charge on any atom is 0.257 e. The minimum atomic E-state index is -0.211. The minimum absolute atomic E-state index is 0.0349. The van der Waals surface area contributed by atoms with Gasteiger partial charge in [0.1, 0.15) is 11.5 Å². The average molecular weight is 450 g/mol. The maximum atomic E-state index is 13.5. The molecular weight excluding hydrogens is 414 g/mol. The van der Waals surface area contributed by atoms with Gasteiger partial charge in [-0.3, -0.25) is 9.69 Å². The third-order valence-electron chi connectivity index (χ3n) is 6.90. The number of carbonyl (C=O) groups excluding carboxylic acids is 1. The molecule has 33 heavy (non-hydrogen) atoms. The standard InChI is InChI=1S/C27H35N3O3/c1-18-10-12-29(13-11-18)17-27(31)30-25(22-9-8-21(32-4)15-26(22)33-5)16-24(28-30)23-14-19(2)6-7-20(23)3/h6-9,14-15,18,25H,10-13,16-17H2,1-5H3/t25-/m1/s1. The van der Waals surface area contributed by atoms with E-state index in [9.17, 15) is 4.79 Å². The van der Waals surface area contributed by atoms with Crippen LogP contribution in [0.25, 0.3) is 0 Å². The van der Waals surface area contributed by atoms with Crippen LogP contribution in [0.2, 0.25) is 0 Å². The molecule has 2 aliphatic heterocycles. The molecule has 0 spiro atoms. The van der Waals surface area contributed by atoms with Crippen LogP contribution in [0.15, 0.2) is 41.5 Å². The van der Waals surface area contributed by atoms with Crippen molar-refractivity contribution in [3.63, 3.8) is 0 Å². The monoisotopic (exact) mass is 449 g/mol. The number of aryl methyl sites for hydroxylation is 2. The molecule has 6 nitrogen and oxygen atoms in total. The normalized spacial score (nSPS) is 19.5. The molecule has 4 rings (SSSR count). The van der Waals surface area contributed by atoms with Crippen LogP contribution in [-0.2, 0) is 4.79 Å². The number of ether oxygens (including phenoxy) is 2. The summed E-state index contributed by atoms with van der Waals surface area (Å²) in [6.07, 6.45) is 2.93. The molecule has 0 radical (unpaired) electrons. The van der Waals surface area contributed by atoms with Crippen LogP contribution >= 0.6 is 0 Å². The fraction of sp³-hybridized carbons (Fsp3) is 0.481. The number of rotatable bonds is 6. The van der Waals surface area contributed by atoms with Gasteiger partial charge in [-0.05, 0) is 69.5 Å². The minimum Gasteiger partial charge on any atom is -0.497 e. The number of piperidine rings is 1. The Balaban J connectivity index is 1.67. The smallest absolute Gasteiger partial charge is 0.257 e. The van der Waals surface area contributed by atoms with E-state index in [4.69, 9.17) is 14.6 Å². The van der Waals surface area contributed by atoms with Crippen LogP contribution in [0.1, 0.15) is 54.5 Å². The van der Waals surface area contributed by atoms with E-state index >= 15 is 0 Å². The Hall–Kier alpha value is -2.86. The molecule has 2 aromatic rings. The summed E-state index contributed by atoms with van der Waals surface area (Å²) in [6.45, 7) is 8.79. The first kappa shape index (κ1) is 23.3. The summed E-state index contributed by atoms with van der Waals surface area (Å²) < 4.78 is 11.1. The van der Waals surface area contributed by atoms with Crippen LogP contribution in [0.3, 0.4) is 0 Å². The number of benzene rings is 2. The lowest BCUT2D eigenvalue weighted by Crippen LogP contribution is -2.41. The lowest BCUT2D eigenvalue weighted by molar-refractivity contribution is -0.134. The lowest BCUT2D eigenvalue weighted by Gasteiger charge is -2.31. The van der Waals surface area contributed by atoms with Crippen molar-refractivity contribution in [3.8, 4) is 11.5 Å². The summed E-state index contributed by atoms with van der Waals surface area (Å²) in [4.78, 5) is 15.8. The van der Waals surface area contributed by atoms with E-state index in [1.807, 2.05) is 18.2 Å². The Morgan fingerprint density at radius 3 is 2.52 bits per heavy atom. The number of amides is 1. The topological polar surface area (TPSA) is 54.4 Å². The summed E-state index contributed by atoms with van der Waals surface area (Å²) in [7, 11) is 3.29. The number of hydrazone groups is 1. The Labute approximate surface area is 197 Å². The van der Waals surface area contributed by atoms with Crippen LogP contribution in [-0.4, -0.2) is 55.4 Å². The highest BCUT2D eigenvalue weighted by Crippen LogP contribution is 2.39. The first-order valence-electron chi connectivity index (χ1n) is 11.8. The van der Waals surface area contributed by atoms with E-state index in [-0.39, 0.29) is 11.9 Å². The molecule has 1 saturated heterocycles. The van der Waals surface area contributed by atoms with E-state index in [2.05, 4.69) is 43.9 Å². The summed E-state index contributed by atoms with van der Waals surface area (Å²) in [5.41, 5.74) is 5.35. The maximum absolute atomic E-state index is 13.5. The Morgan fingerprint density at radius 2 is 1.82 bits per heavy atom. The van der Waals surface area contributed by atoms with Gasteiger partial charge in [-0.15, -0.1) is 0 Å². The van der Waals surface area contributed by atoms with Crippen molar-refractivity contribution in [3.05, 3.63) is 58.7 Å². The second-order valence-corrected chi connectivity index (χ2v) is 9.39. The molecule has 0 unspecified atom stereocenters. The molecule has 0 bridgehead atoms. The van der Waals surface area contributed by atoms with Crippen LogP contribution in [0, 0.1) is 19.8 Å². The van der Waals surface area contributed by atoms with Crippen molar-refractivity contribution in [2.45, 2.75) is 46.1 Å². The SMILES string of the molecule is COc1ccc([C@H]2CC(c3cc(C)ccc3C)=NN2C(=O)CN2CCC(C)CC2)c(OC)c1. The van der Waals surface area contributed by atoms with Crippen molar-refractivity contribution in [1.29, 1.82) is 0 Å². The van der Waals surface area contributed by atoms with Crippen molar-refractivity contribution in [2.24, 2.45) is 11.0 Å². The van der Waals surface area contributed by atoms with Gasteiger partial charge >= 0.3 is 0 Å². The quantitative estimate of drug-likeness (QED) is 0.640. The highest BCUT2D eigenvalue weighted by atomic mass is 16.5. The van der Waals surface area contributed by atoms with E-state index in [0.717, 1.165) is 54.4 Å². The molecule has 6 heteroatoms. The second kappa shape index (κ2) is 9.96. The molecule has 1 fully saturated rings. The van der Waals surface area contributed by atoms with E-state index in [1.165, 1.54) is 11.1 Å². The lowest BCUT2D eigenvalue weighted by atomic mass is 9.94. The van der Waals surface area contributed by atoms with Gasteiger partial charge in [0.15, 0.2) is 0 Å². The second-order valence-electron chi connectivity index (χ2n) is 9.39. The number of nitrogens with zero attached hydrogens (tertiary/aromatic N) is 3. The molecular formula is C27H35N3O3. The first-order valence-corrected chi connectivity index (χ1v) is 11.8.